The molecule has 0 unspecified atom stereocenters. The van der Waals surface area contributed by atoms with Gasteiger partial charge in [-0.1, -0.05) is 32.6 Å². The average Bonchev–Trinajstić information content (AvgIpc) is 2.41. The van der Waals surface area contributed by atoms with Gasteiger partial charge in [0.2, 0.25) is 0 Å². The van der Waals surface area contributed by atoms with Crippen LogP contribution in [-0.2, 0) is 4.79 Å². The first-order chi connectivity index (χ1) is 8.68. The number of carbonyl (C=O) groups is 1. The zero-order chi connectivity index (χ0) is 13.0. The Morgan fingerprint density at radius 3 is 2.33 bits per heavy atom. The molecule has 1 saturated heterocycles. The first-order valence-electron chi connectivity index (χ1n) is 7.65. The summed E-state index contributed by atoms with van der Waals surface area (Å²) < 4.78 is 0. The van der Waals surface area contributed by atoms with Crippen molar-refractivity contribution in [3.63, 3.8) is 0 Å². The van der Waals surface area contributed by atoms with E-state index in [0.717, 1.165) is 44.8 Å². The van der Waals surface area contributed by atoms with Crippen LogP contribution >= 0.6 is 0 Å². The average molecular weight is 253 g/mol. The summed E-state index contributed by atoms with van der Waals surface area (Å²) >= 11 is 0. The summed E-state index contributed by atoms with van der Waals surface area (Å²) in [6.07, 6.45) is 10.3. The van der Waals surface area contributed by atoms with Crippen molar-refractivity contribution in [2.45, 2.75) is 70.8 Å². The number of rotatable bonds is 4. The van der Waals surface area contributed by atoms with Crippen LogP contribution < -0.4 is 0 Å². The van der Waals surface area contributed by atoms with Gasteiger partial charge >= 0.3 is 5.97 Å². The fourth-order valence-electron chi connectivity index (χ4n) is 3.81. The van der Waals surface area contributed by atoms with Crippen LogP contribution in [0.1, 0.15) is 64.7 Å². The van der Waals surface area contributed by atoms with Gasteiger partial charge in [0.15, 0.2) is 0 Å². The van der Waals surface area contributed by atoms with E-state index < -0.39 is 11.4 Å². The molecule has 1 aliphatic carbocycles. The molecule has 0 spiro atoms. The molecule has 0 bridgehead atoms. The molecule has 0 aromatic carbocycles. The Morgan fingerprint density at radius 2 is 1.83 bits per heavy atom. The maximum Gasteiger partial charge on any atom is 0.309 e. The van der Waals surface area contributed by atoms with Crippen molar-refractivity contribution in [3.05, 3.63) is 0 Å². The predicted octanol–water partition coefficient (Wildman–Crippen LogP) is 3.29. The lowest BCUT2D eigenvalue weighted by molar-refractivity contribution is -0.153. The Labute approximate surface area is 111 Å². The maximum atomic E-state index is 11.5. The van der Waals surface area contributed by atoms with Crippen LogP contribution in [0.5, 0.6) is 0 Å². The standard InChI is InChI=1S/C15H27NO2/c1-2-8-15(14(17)18)9-11-16(12-10-15)13-6-4-3-5-7-13/h13H,2-12H2,1H3,(H,17,18). The lowest BCUT2D eigenvalue weighted by atomic mass is 9.74. The quantitative estimate of drug-likeness (QED) is 0.836. The van der Waals surface area contributed by atoms with Gasteiger partial charge in [0, 0.05) is 6.04 Å². The van der Waals surface area contributed by atoms with E-state index in [4.69, 9.17) is 0 Å². The van der Waals surface area contributed by atoms with E-state index in [1.165, 1.54) is 32.1 Å². The van der Waals surface area contributed by atoms with E-state index in [9.17, 15) is 9.90 Å². The number of likely N-dealkylation sites (tertiary alicyclic amines) is 1. The van der Waals surface area contributed by atoms with Crippen molar-refractivity contribution < 1.29 is 9.90 Å². The summed E-state index contributed by atoms with van der Waals surface area (Å²) in [5, 5.41) is 9.50. The SMILES string of the molecule is CCCC1(C(=O)O)CCN(C2CCCCC2)CC1. The van der Waals surface area contributed by atoms with E-state index in [1.54, 1.807) is 0 Å². The Morgan fingerprint density at radius 1 is 1.22 bits per heavy atom. The van der Waals surface area contributed by atoms with Crippen molar-refractivity contribution in [2.75, 3.05) is 13.1 Å². The maximum absolute atomic E-state index is 11.5. The molecule has 0 aromatic heterocycles. The Bertz CT molecular complexity index is 276. The van der Waals surface area contributed by atoms with Gasteiger partial charge in [0.1, 0.15) is 0 Å². The highest BCUT2D eigenvalue weighted by Crippen LogP contribution is 2.38. The number of aliphatic carboxylic acids is 1. The van der Waals surface area contributed by atoms with Crippen LogP contribution in [0.4, 0.5) is 0 Å². The van der Waals surface area contributed by atoms with Crippen LogP contribution in [0.25, 0.3) is 0 Å². The second-order valence-corrected chi connectivity index (χ2v) is 6.16. The van der Waals surface area contributed by atoms with Crippen LogP contribution in [0.3, 0.4) is 0 Å². The molecule has 2 rings (SSSR count). The minimum Gasteiger partial charge on any atom is -0.481 e. The van der Waals surface area contributed by atoms with Crippen molar-refractivity contribution in [3.8, 4) is 0 Å². The number of carboxylic acid groups (broad SMARTS) is 1. The molecule has 0 atom stereocenters. The zero-order valence-electron chi connectivity index (χ0n) is 11.7. The van der Waals surface area contributed by atoms with E-state index in [1.807, 2.05) is 0 Å². The van der Waals surface area contributed by atoms with E-state index in [0.29, 0.717) is 0 Å². The lowest BCUT2D eigenvalue weighted by Gasteiger charge is -2.43. The highest BCUT2D eigenvalue weighted by molar-refractivity contribution is 5.74. The summed E-state index contributed by atoms with van der Waals surface area (Å²) in [4.78, 5) is 14.1. The molecule has 1 saturated carbocycles. The van der Waals surface area contributed by atoms with Gasteiger partial charge in [-0.15, -0.1) is 0 Å². The highest BCUT2D eigenvalue weighted by atomic mass is 16.4. The van der Waals surface area contributed by atoms with E-state index in [2.05, 4.69) is 11.8 Å². The molecular formula is C15H27NO2. The molecule has 2 aliphatic rings. The minimum atomic E-state index is -0.562. The van der Waals surface area contributed by atoms with Gasteiger partial charge in [-0.25, -0.2) is 0 Å². The molecule has 3 nitrogen and oxygen atoms in total. The van der Waals surface area contributed by atoms with Crippen LogP contribution in [-0.4, -0.2) is 35.1 Å². The van der Waals surface area contributed by atoms with E-state index in [-0.39, 0.29) is 0 Å². The van der Waals surface area contributed by atoms with Crippen molar-refractivity contribution in [1.82, 2.24) is 4.90 Å². The summed E-state index contributed by atoms with van der Waals surface area (Å²) in [5.74, 6) is -0.562. The normalized spacial score (nSPS) is 26.1. The topological polar surface area (TPSA) is 40.5 Å². The largest absolute Gasteiger partial charge is 0.481 e. The van der Waals surface area contributed by atoms with Gasteiger partial charge in [0.05, 0.1) is 5.41 Å². The third kappa shape index (κ3) is 2.87. The Kier molecular flexibility index (Phi) is 4.66. The number of hydrogen-bond acceptors (Lipinski definition) is 2. The summed E-state index contributed by atoms with van der Waals surface area (Å²) in [5.41, 5.74) is -0.417. The lowest BCUT2D eigenvalue weighted by Crippen LogP contribution is -2.48. The second-order valence-electron chi connectivity index (χ2n) is 6.16. The summed E-state index contributed by atoms with van der Waals surface area (Å²) in [7, 11) is 0. The Hall–Kier alpha value is -0.570. The third-order valence-electron chi connectivity index (χ3n) is 5.03. The molecule has 0 amide bonds. The molecule has 104 valence electrons. The molecule has 1 heterocycles. The molecule has 0 aromatic rings. The Balaban J connectivity index is 1.91. The zero-order valence-corrected chi connectivity index (χ0v) is 11.7. The van der Waals surface area contributed by atoms with Gasteiger partial charge in [0.25, 0.3) is 0 Å². The fraction of sp³-hybridized carbons (Fsp3) is 0.933. The number of nitrogens with zero attached hydrogens (tertiary/aromatic N) is 1. The van der Waals surface area contributed by atoms with Crippen molar-refractivity contribution >= 4 is 5.97 Å². The van der Waals surface area contributed by atoms with E-state index >= 15 is 0 Å². The van der Waals surface area contributed by atoms with Crippen molar-refractivity contribution in [2.24, 2.45) is 5.41 Å². The molecule has 3 heteroatoms. The fourth-order valence-corrected chi connectivity index (χ4v) is 3.81. The molecule has 2 fully saturated rings. The highest BCUT2D eigenvalue weighted by Gasteiger charge is 2.41. The first kappa shape index (κ1) is 13.9. The second kappa shape index (κ2) is 6.05. The van der Waals surface area contributed by atoms with Crippen LogP contribution in [0.15, 0.2) is 0 Å². The van der Waals surface area contributed by atoms with Gasteiger partial charge in [-0.2, -0.15) is 0 Å². The number of carboxylic acids is 1. The van der Waals surface area contributed by atoms with Crippen molar-refractivity contribution in [1.29, 1.82) is 0 Å². The first-order valence-corrected chi connectivity index (χ1v) is 7.65. The third-order valence-corrected chi connectivity index (χ3v) is 5.03. The van der Waals surface area contributed by atoms with Gasteiger partial charge in [-0.05, 0) is 45.2 Å². The molecule has 1 aliphatic heterocycles. The minimum absolute atomic E-state index is 0.417. The van der Waals surface area contributed by atoms with Crippen LogP contribution in [0, 0.1) is 5.41 Å². The van der Waals surface area contributed by atoms with Crippen LogP contribution in [0.2, 0.25) is 0 Å². The van der Waals surface area contributed by atoms with Gasteiger partial charge in [-0.3, -0.25) is 4.79 Å². The summed E-state index contributed by atoms with van der Waals surface area (Å²) in [6, 6.07) is 0.743. The molecular weight excluding hydrogens is 226 g/mol. The molecule has 1 N–H and O–H groups in total. The molecule has 0 radical (unpaired) electrons. The summed E-state index contributed by atoms with van der Waals surface area (Å²) in [6.45, 7) is 4.09. The number of piperidine rings is 1. The smallest absolute Gasteiger partial charge is 0.309 e. The van der Waals surface area contributed by atoms with Gasteiger partial charge < -0.3 is 10.0 Å². The predicted molar refractivity (Wildman–Crippen MR) is 72.7 cm³/mol. The monoisotopic (exact) mass is 253 g/mol. The number of hydrogen-bond donors (Lipinski definition) is 1. The molecule has 18 heavy (non-hydrogen) atoms.